The fourth-order valence-corrected chi connectivity index (χ4v) is 5.47. The largest absolute Gasteiger partial charge is 0.495 e. The number of carbonyl (C=O) groups is 1. The highest BCUT2D eigenvalue weighted by molar-refractivity contribution is 7.99. The summed E-state index contributed by atoms with van der Waals surface area (Å²) < 4.78 is 7.60. The van der Waals surface area contributed by atoms with Gasteiger partial charge in [-0.05, 0) is 30.7 Å². The quantitative estimate of drug-likeness (QED) is 0.227. The summed E-state index contributed by atoms with van der Waals surface area (Å²) in [4.78, 5) is 17.2. The lowest BCUT2D eigenvalue weighted by molar-refractivity contribution is -0.131. The minimum Gasteiger partial charge on any atom is -0.495 e. The molecule has 0 bridgehead atoms. The van der Waals surface area contributed by atoms with Crippen LogP contribution in [0.25, 0.3) is 17.1 Å². The molecule has 0 atom stereocenters. The first-order valence-corrected chi connectivity index (χ1v) is 13.6. The summed E-state index contributed by atoms with van der Waals surface area (Å²) in [6.07, 6.45) is 1.32. The third kappa shape index (κ3) is 5.80. The Hall–Kier alpha value is -3.78. The van der Waals surface area contributed by atoms with E-state index in [1.54, 1.807) is 18.9 Å². The van der Waals surface area contributed by atoms with Gasteiger partial charge in [0.05, 0.1) is 12.8 Å². The number of anilines is 1. The van der Waals surface area contributed by atoms with Gasteiger partial charge in [-0.2, -0.15) is 0 Å². The minimum absolute atomic E-state index is 0.217. The smallest absolute Gasteiger partial charge is 0.222 e. The number of hydrogen-bond donors (Lipinski definition) is 0. The number of rotatable bonds is 9. The van der Waals surface area contributed by atoms with Crippen LogP contribution in [-0.4, -0.2) is 64.6 Å². The first kappa shape index (κ1) is 24.9. The number of aromatic nitrogens is 3. The average molecular weight is 514 g/mol. The second-order valence-electron chi connectivity index (χ2n) is 8.83. The standard InChI is InChI=1S/C29H31N5O2S/c1-36-26-16-9-8-15-25(26)32-18-20-33(21-19-32)27(35)17-10-22-37-29-31-30-28(23-11-4-2-5-12-23)34(29)24-13-6-3-7-14-24/h2-9,11-16H,10,17-22H2,1H3. The molecule has 8 heteroatoms. The Morgan fingerprint density at radius 1 is 0.865 bits per heavy atom. The lowest BCUT2D eigenvalue weighted by Gasteiger charge is -2.36. The Labute approximate surface area is 222 Å². The molecule has 0 radical (unpaired) electrons. The lowest BCUT2D eigenvalue weighted by atomic mass is 10.2. The second-order valence-corrected chi connectivity index (χ2v) is 9.90. The van der Waals surface area contributed by atoms with E-state index in [0.29, 0.717) is 6.42 Å². The number of amides is 1. The molecule has 0 spiro atoms. The van der Waals surface area contributed by atoms with Crippen LogP contribution in [0.1, 0.15) is 12.8 Å². The van der Waals surface area contributed by atoms with E-state index in [9.17, 15) is 4.79 Å². The Morgan fingerprint density at radius 2 is 1.54 bits per heavy atom. The van der Waals surface area contributed by atoms with Gasteiger partial charge in [0, 0.05) is 49.6 Å². The molecule has 1 fully saturated rings. The maximum Gasteiger partial charge on any atom is 0.222 e. The molecule has 1 amide bonds. The highest BCUT2D eigenvalue weighted by atomic mass is 32.2. The molecule has 7 nitrogen and oxygen atoms in total. The van der Waals surface area contributed by atoms with E-state index >= 15 is 0 Å². The van der Waals surface area contributed by atoms with Crippen LogP contribution in [0.3, 0.4) is 0 Å². The summed E-state index contributed by atoms with van der Waals surface area (Å²) in [5.74, 6) is 2.71. The van der Waals surface area contributed by atoms with Gasteiger partial charge in [-0.25, -0.2) is 0 Å². The van der Waals surface area contributed by atoms with Crippen molar-refractivity contribution < 1.29 is 9.53 Å². The SMILES string of the molecule is COc1ccccc1N1CCN(C(=O)CCCSc2nnc(-c3ccccc3)n2-c2ccccc2)CC1. The molecule has 190 valence electrons. The number of hydrogen-bond acceptors (Lipinski definition) is 6. The van der Waals surface area contributed by atoms with Crippen LogP contribution >= 0.6 is 11.8 Å². The maximum absolute atomic E-state index is 12.9. The van der Waals surface area contributed by atoms with Crippen LogP contribution in [0.5, 0.6) is 5.75 Å². The Bertz CT molecular complexity index is 1300. The molecule has 1 saturated heterocycles. The molecular formula is C29H31N5O2S. The van der Waals surface area contributed by atoms with Crippen molar-refractivity contribution in [2.75, 3.05) is 43.9 Å². The molecule has 1 aromatic heterocycles. The van der Waals surface area contributed by atoms with Crippen LogP contribution in [0.2, 0.25) is 0 Å². The maximum atomic E-state index is 12.9. The molecule has 4 aromatic rings. The van der Waals surface area contributed by atoms with Crippen molar-refractivity contribution in [2.24, 2.45) is 0 Å². The monoisotopic (exact) mass is 513 g/mol. The summed E-state index contributed by atoms with van der Waals surface area (Å²) in [5.41, 5.74) is 3.14. The van der Waals surface area contributed by atoms with E-state index in [1.807, 2.05) is 71.6 Å². The molecule has 2 heterocycles. The zero-order chi connectivity index (χ0) is 25.5. The topological polar surface area (TPSA) is 63.5 Å². The summed E-state index contributed by atoms with van der Waals surface area (Å²) in [7, 11) is 1.70. The van der Waals surface area contributed by atoms with Gasteiger partial charge in [-0.3, -0.25) is 9.36 Å². The van der Waals surface area contributed by atoms with E-state index in [2.05, 4.69) is 37.9 Å². The number of para-hydroxylation sites is 3. The van der Waals surface area contributed by atoms with Crippen LogP contribution < -0.4 is 9.64 Å². The summed E-state index contributed by atoms with van der Waals surface area (Å²) in [6.45, 7) is 3.08. The average Bonchev–Trinajstić information content (AvgIpc) is 3.40. The fourth-order valence-electron chi connectivity index (χ4n) is 4.58. The van der Waals surface area contributed by atoms with E-state index in [1.165, 1.54) is 0 Å². The molecule has 1 aliphatic heterocycles. The Kier molecular flexibility index (Phi) is 8.05. The van der Waals surface area contributed by atoms with Crippen molar-refractivity contribution in [3.05, 3.63) is 84.9 Å². The molecule has 0 unspecified atom stereocenters. The van der Waals surface area contributed by atoms with Crippen LogP contribution in [0.4, 0.5) is 5.69 Å². The molecule has 3 aromatic carbocycles. The normalized spacial score (nSPS) is 13.5. The number of piperazine rings is 1. The van der Waals surface area contributed by atoms with E-state index in [0.717, 1.165) is 72.0 Å². The van der Waals surface area contributed by atoms with Gasteiger partial charge in [0.25, 0.3) is 0 Å². The fraction of sp³-hybridized carbons (Fsp3) is 0.276. The van der Waals surface area contributed by atoms with Gasteiger partial charge in [0.15, 0.2) is 11.0 Å². The Morgan fingerprint density at radius 3 is 2.27 bits per heavy atom. The van der Waals surface area contributed by atoms with Crippen molar-refractivity contribution in [1.82, 2.24) is 19.7 Å². The van der Waals surface area contributed by atoms with Gasteiger partial charge >= 0.3 is 0 Å². The van der Waals surface area contributed by atoms with Crippen LogP contribution in [0.15, 0.2) is 90.1 Å². The zero-order valence-corrected chi connectivity index (χ0v) is 21.8. The predicted octanol–water partition coefficient (Wildman–Crippen LogP) is 5.16. The van der Waals surface area contributed by atoms with Crippen LogP contribution in [-0.2, 0) is 4.79 Å². The van der Waals surface area contributed by atoms with Crippen molar-refractivity contribution in [1.29, 1.82) is 0 Å². The third-order valence-electron chi connectivity index (χ3n) is 6.50. The number of methoxy groups -OCH3 is 1. The summed E-state index contributed by atoms with van der Waals surface area (Å²) in [6, 6.07) is 28.3. The molecule has 1 aliphatic rings. The number of carbonyl (C=O) groups excluding carboxylic acids is 1. The number of ether oxygens (including phenoxy) is 1. The molecule has 0 aliphatic carbocycles. The Balaban J connectivity index is 1.16. The molecule has 5 rings (SSSR count). The lowest BCUT2D eigenvalue weighted by Crippen LogP contribution is -2.48. The van der Waals surface area contributed by atoms with Gasteiger partial charge in [-0.15, -0.1) is 10.2 Å². The molecular weight excluding hydrogens is 482 g/mol. The first-order chi connectivity index (χ1) is 18.2. The number of nitrogens with zero attached hydrogens (tertiary/aromatic N) is 5. The number of benzene rings is 3. The summed E-state index contributed by atoms with van der Waals surface area (Å²) >= 11 is 1.64. The van der Waals surface area contributed by atoms with Gasteiger partial charge < -0.3 is 14.5 Å². The zero-order valence-electron chi connectivity index (χ0n) is 21.0. The van der Waals surface area contributed by atoms with Gasteiger partial charge in [0.1, 0.15) is 5.75 Å². The first-order valence-electron chi connectivity index (χ1n) is 12.6. The minimum atomic E-state index is 0.217. The van der Waals surface area contributed by atoms with E-state index in [-0.39, 0.29) is 5.91 Å². The predicted molar refractivity (Wildman–Crippen MR) is 149 cm³/mol. The van der Waals surface area contributed by atoms with E-state index < -0.39 is 0 Å². The molecule has 0 saturated carbocycles. The van der Waals surface area contributed by atoms with Crippen molar-refractivity contribution in [3.8, 4) is 22.8 Å². The number of thioether (sulfide) groups is 1. The van der Waals surface area contributed by atoms with Crippen molar-refractivity contribution in [2.45, 2.75) is 18.0 Å². The highest BCUT2D eigenvalue weighted by Gasteiger charge is 2.23. The van der Waals surface area contributed by atoms with Crippen LogP contribution in [0, 0.1) is 0 Å². The van der Waals surface area contributed by atoms with Crippen molar-refractivity contribution in [3.63, 3.8) is 0 Å². The molecule has 37 heavy (non-hydrogen) atoms. The van der Waals surface area contributed by atoms with E-state index in [4.69, 9.17) is 4.74 Å². The van der Waals surface area contributed by atoms with Crippen molar-refractivity contribution >= 4 is 23.4 Å². The third-order valence-corrected chi connectivity index (χ3v) is 7.52. The summed E-state index contributed by atoms with van der Waals surface area (Å²) in [5, 5.41) is 9.83. The van der Waals surface area contributed by atoms with Gasteiger partial charge in [0.2, 0.25) is 5.91 Å². The molecule has 0 N–H and O–H groups in total. The second kappa shape index (κ2) is 12.0. The van der Waals surface area contributed by atoms with Gasteiger partial charge in [-0.1, -0.05) is 72.4 Å². The highest BCUT2D eigenvalue weighted by Crippen LogP contribution is 2.30.